The van der Waals surface area contributed by atoms with Crippen LogP contribution in [-0.2, 0) is 0 Å². The highest BCUT2D eigenvalue weighted by Crippen LogP contribution is 2.33. The summed E-state index contributed by atoms with van der Waals surface area (Å²) in [4.78, 5) is 7.09. The standard InChI is InChI=1S/C21H29N3O/c1-15-13-19-18(10-5-11-20(19)23-16-7-3-4-8-16)21(22-15)25-14-17-9-6-12-24(17)2/h5,10-11,13,16-17,23H,3-4,6-9,12,14H2,1-2H3. The third kappa shape index (κ3) is 3.59. The number of rotatable bonds is 5. The highest BCUT2D eigenvalue weighted by molar-refractivity contribution is 5.97. The Kier molecular flexibility index (Phi) is 4.80. The molecule has 2 aliphatic rings. The zero-order valence-corrected chi connectivity index (χ0v) is 15.4. The molecule has 4 heteroatoms. The Morgan fingerprint density at radius 1 is 1.16 bits per heavy atom. The molecule has 0 bridgehead atoms. The first-order chi connectivity index (χ1) is 12.2. The fourth-order valence-corrected chi connectivity index (χ4v) is 4.26. The highest BCUT2D eigenvalue weighted by Gasteiger charge is 2.22. The highest BCUT2D eigenvalue weighted by atomic mass is 16.5. The molecular formula is C21H29N3O. The Hall–Kier alpha value is -1.81. The van der Waals surface area contributed by atoms with Crippen LogP contribution in [-0.4, -0.2) is 42.2 Å². The SMILES string of the molecule is Cc1cc2c(NC3CCCC3)cccc2c(OCC2CCCN2C)n1. The van der Waals surface area contributed by atoms with Crippen molar-refractivity contribution in [3.63, 3.8) is 0 Å². The first kappa shape index (κ1) is 16.6. The number of ether oxygens (including phenoxy) is 1. The molecule has 1 saturated heterocycles. The van der Waals surface area contributed by atoms with Crippen molar-refractivity contribution in [3.05, 3.63) is 30.0 Å². The van der Waals surface area contributed by atoms with E-state index in [1.165, 1.54) is 56.1 Å². The van der Waals surface area contributed by atoms with Crippen LogP contribution in [0.5, 0.6) is 5.88 Å². The molecule has 1 unspecified atom stereocenters. The molecule has 1 saturated carbocycles. The maximum atomic E-state index is 6.20. The van der Waals surface area contributed by atoms with Crippen molar-refractivity contribution in [2.45, 2.75) is 57.5 Å². The van der Waals surface area contributed by atoms with Gasteiger partial charge in [-0.1, -0.05) is 18.9 Å². The molecule has 1 N–H and O–H groups in total. The molecular weight excluding hydrogens is 310 g/mol. The van der Waals surface area contributed by atoms with Gasteiger partial charge in [-0.2, -0.15) is 0 Å². The second kappa shape index (κ2) is 7.20. The van der Waals surface area contributed by atoms with E-state index in [1.807, 2.05) is 0 Å². The molecule has 4 rings (SSSR count). The number of aromatic nitrogens is 1. The van der Waals surface area contributed by atoms with Gasteiger partial charge in [-0.3, -0.25) is 0 Å². The number of likely N-dealkylation sites (tertiary alicyclic amines) is 1. The van der Waals surface area contributed by atoms with Crippen molar-refractivity contribution in [2.24, 2.45) is 0 Å². The van der Waals surface area contributed by atoms with Crippen LogP contribution in [0.2, 0.25) is 0 Å². The number of nitrogens with zero attached hydrogens (tertiary/aromatic N) is 2. The molecule has 0 radical (unpaired) electrons. The van der Waals surface area contributed by atoms with Crippen LogP contribution in [0.1, 0.15) is 44.2 Å². The molecule has 4 nitrogen and oxygen atoms in total. The summed E-state index contributed by atoms with van der Waals surface area (Å²) in [6.45, 7) is 3.95. The third-order valence-electron chi connectivity index (χ3n) is 5.77. The van der Waals surface area contributed by atoms with Gasteiger partial charge in [0.25, 0.3) is 0 Å². The minimum Gasteiger partial charge on any atom is -0.476 e. The number of pyridine rings is 1. The van der Waals surface area contributed by atoms with Gasteiger partial charge >= 0.3 is 0 Å². The summed E-state index contributed by atoms with van der Waals surface area (Å²) >= 11 is 0. The predicted molar refractivity (Wildman–Crippen MR) is 104 cm³/mol. The van der Waals surface area contributed by atoms with Gasteiger partial charge in [0.1, 0.15) is 6.61 Å². The van der Waals surface area contributed by atoms with Crippen molar-refractivity contribution in [1.29, 1.82) is 0 Å². The average molecular weight is 339 g/mol. The normalized spacial score (nSPS) is 21.9. The molecule has 1 aromatic carbocycles. The molecule has 1 aliphatic heterocycles. The smallest absolute Gasteiger partial charge is 0.221 e. The van der Waals surface area contributed by atoms with E-state index in [0.717, 1.165) is 23.6 Å². The number of nitrogens with one attached hydrogen (secondary N) is 1. The summed E-state index contributed by atoms with van der Waals surface area (Å²) in [6, 6.07) is 9.74. The van der Waals surface area contributed by atoms with E-state index < -0.39 is 0 Å². The molecule has 2 aromatic rings. The van der Waals surface area contributed by atoms with E-state index in [-0.39, 0.29) is 0 Å². The van der Waals surface area contributed by atoms with Crippen molar-refractivity contribution >= 4 is 16.5 Å². The van der Waals surface area contributed by atoms with E-state index in [4.69, 9.17) is 9.72 Å². The molecule has 0 amide bonds. The van der Waals surface area contributed by atoms with Crippen LogP contribution in [0.25, 0.3) is 10.8 Å². The fraction of sp³-hybridized carbons (Fsp3) is 0.571. The predicted octanol–water partition coefficient (Wildman–Crippen LogP) is 4.37. The minimum atomic E-state index is 0.511. The van der Waals surface area contributed by atoms with Crippen LogP contribution in [0.4, 0.5) is 5.69 Å². The molecule has 2 heterocycles. The third-order valence-corrected chi connectivity index (χ3v) is 5.77. The Morgan fingerprint density at radius 3 is 2.76 bits per heavy atom. The average Bonchev–Trinajstić information content (AvgIpc) is 3.25. The van der Waals surface area contributed by atoms with Gasteiger partial charge in [0, 0.05) is 34.2 Å². The fourth-order valence-electron chi connectivity index (χ4n) is 4.26. The van der Waals surface area contributed by atoms with Crippen LogP contribution in [0, 0.1) is 6.92 Å². The number of hydrogen-bond acceptors (Lipinski definition) is 4. The van der Waals surface area contributed by atoms with Gasteiger partial charge < -0.3 is 15.0 Å². The maximum Gasteiger partial charge on any atom is 0.221 e. The van der Waals surface area contributed by atoms with E-state index in [0.29, 0.717) is 12.1 Å². The molecule has 0 spiro atoms. The first-order valence-corrected chi connectivity index (χ1v) is 9.70. The zero-order chi connectivity index (χ0) is 17.2. The lowest BCUT2D eigenvalue weighted by Gasteiger charge is -2.21. The Labute approximate surface area is 150 Å². The summed E-state index contributed by atoms with van der Waals surface area (Å²) in [6.07, 6.45) is 7.71. The number of benzene rings is 1. The van der Waals surface area contributed by atoms with Gasteiger partial charge in [-0.15, -0.1) is 0 Å². The van der Waals surface area contributed by atoms with Gasteiger partial charge in [0.2, 0.25) is 5.88 Å². The molecule has 2 fully saturated rings. The lowest BCUT2D eigenvalue weighted by molar-refractivity contribution is 0.195. The molecule has 1 atom stereocenters. The summed E-state index contributed by atoms with van der Waals surface area (Å²) in [5.74, 6) is 0.783. The minimum absolute atomic E-state index is 0.511. The second-order valence-electron chi connectivity index (χ2n) is 7.68. The summed E-state index contributed by atoms with van der Waals surface area (Å²) in [5, 5.41) is 6.10. The monoisotopic (exact) mass is 339 g/mol. The molecule has 1 aromatic heterocycles. The van der Waals surface area contributed by atoms with Crippen molar-refractivity contribution in [2.75, 3.05) is 25.5 Å². The van der Waals surface area contributed by atoms with Gasteiger partial charge in [0.05, 0.1) is 0 Å². The van der Waals surface area contributed by atoms with Crippen LogP contribution >= 0.6 is 0 Å². The number of aryl methyl sites for hydroxylation is 1. The summed E-state index contributed by atoms with van der Waals surface area (Å²) < 4.78 is 6.20. The number of likely N-dealkylation sites (N-methyl/N-ethyl adjacent to an activating group) is 1. The van der Waals surface area contributed by atoms with Gasteiger partial charge in [0.15, 0.2) is 0 Å². The number of fused-ring (bicyclic) bond motifs is 1. The Bertz CT molecular complexity index is 739. The molecule has 134 valence electrons. The van der Waals surface area contributed by atoms with Crippen molar-refractivity contribution < 1.29 is 4.74 Å². The van der Waals surface area contributed by atoms with Crippen LogP contribution in [0.15, 0.2) is 24.3 Å². The number of hydrogen-bond donors (Lipinski definition) is 1. The maximum absolute atomic E-state index is 6.20. The Balaban J connectivity index is 1.60. The van der Waals surface area contributed by atoms with Crippen molar-refractivity contribution in [1.82, 2.24) is 9.88 Å². The van der Waals surface area contributed by atoms with E-state index >= 15 is 0 Å². The summed E-state index contributed by atoms with van der Waals surface area (Å²) in [7, 11) is 2.19. The quantitative estimate of drug-likeness (QED) is 0.878. The van der Waals surface area contributed by atoms with E-state index in [9.17, 15) is 0 Å². The lowest BCUT2D eigenvalue weighted by Crippen LogP contribution is -2.30. The van der Waals surface area contributed by atoms with Crippen molar-refractivity contribution in [3.8, 4) is 5.88 Å². The zero-order valence-electron chi connectivity index (χ0n) is 15.4. The first-order valence-electron chi connectivity index (χ1n) is 9.70. The van der Waals surface area contributed by atoms with Gasteiger partial charge in [-0.05, 0) is 64.4 Å². The lowest BCUT2D eigenvalue weighted by atomic mass is 10.1. The van der Waals surface area contributed by atoms with Crippen LogP contribution in [0.3, 0.4) is 0 Å². The van der Waals surface area contributed by atoms with E-state index in [1.54, 1.807) is 0 Å². The molecule has 25 heavy (non-hydrogen) atoms. The van der Waals surface area contributed by atoms with Crippen LogP contribution < -0.4 is 10.1 Å². The largest absolute Gasteiger partial charge is 0.476 e. The van der Waals surface area contributed by atoms with Gasteiger partial charge in [-0.25, -0.2) is 4.98 Å². The second-order valence-corrected chi connectivity index (χ2v) is 7.68. The molecule has 1 aliphatic carbocycles. The number of anilines is 1. The topological polar surface area (TPSA) is 37.4 Å². The Morgan fingerprint density at radius 2 is 2.00 bits per heavy atom. The summed E-state index contributed by atoms with van der Waals surface area (Å²) in [5.41, 5.74) is 2.24. The van der Waals surface area contributed by atoms with E-state index in [2.05, 4.69) is 48.5 Å².